The third-order valence-electron chi connectivity index (χ3n) is 3.45. The van der Waals surface area contributed by atoms with E-state index in [1.54, 1.807) is 4.68 Å². The van der Waals surface area contributed by atoms with Crippen molar-refractivity contribution in [2.24, 2.45) is 0 Å². The summed E-state index contributed by atoms with van der Waals surface area (Å²) in [5.41, 5.74) is 1.47. The molecule has 1 heterocycles. The number of carboxylic acid groups (broad SMARTS) is 1. The number of hydrogen-bond donors (Lipinski definition) is 1. The fraction of sp³-hybridized carbons (Fsp3) is 0.188. The molecule has 0 aliphatic rings. The molecule has 0 bridgehead atoms. The van der Waals surface area contributed by atoms with Crippen LogP contribution in [0.1, 0.15) is 35.9 Å². The molecule has 0 saturated carbocycles. The summed E-state index contributed by atoms with van der Waals surface area (Å²) in [6.07, 6.45) is 0. The maximum absolute atomic E-state index is 11.3. The van der Waals surface area contributed by atoms with Crippen LogP contribution in [-0.2, 0) is 0 Å². The molecular formula is C16H15N3O2. The Hall–Kier alpha value is -2.69. The highest BCUT2D eigenvalue weighted by atomic mass is 16.4. The molecule has 3 aromatic rings. The van der Waals surface area contributed by atoms with E-state index in [0.717, 1.165) is 16.5 Å². The zero-order chi connectivity index (χ0) is 15.0. The van der Waals surface area contributed by atoms with Crippen LogP contribution in [0.3, 0.4) is 0 Å². The predicted octanol–water partition coefficient (Wildman–Crippen LogP) is 3.24. The second-order valence-electron chi connectivity index (χ2n) is 5.19. The standard InChI is InChI=1S/C16H15N3O2/c1-10(2)15-14(16(20)21)17-18-19(15)13-9-5-7-11-6-3-4-8-12(11)13/h3-10H,1-2H3,(H,20,21). The minimum absolute atomic E-state index is 0.00469. The van der Waals surface area contributed by atoms with E-state index < -0.39 is 5.97 Å². The number of carboxylic acids is 1. The van der Waals surface area contributed by atoms with Gasteiger partial charge in [-0.05, 0) is 17.4 Å². The lowest BCUT2D eigenvalue weighted by molar-refractivity contribution is 0.0688. The molecule has 0 fully saturated rings. The number of nitrogens with zero attached hydrogens (tertiary/aromatic N) is 3. The van der Waals surface area contributed by atoms with Gasteiger partial charge in [-0.2, -0.15) is 0 Å². The summed E-state index contributed by atoms with van der Waals surface area (Å²) in [5.74, 6) is -1.05. The number of hydrogen-bond acceptors (Lipinski definition) is 3. The molecule has 0 aliphatic carbocycles. The van der Waals surface area contributed by atoms with Crippen LogP contribution in [0.4, 0.5) is 0 Å². The summed E-state index contributed by atoms with van der Waals surface area (Å²) in [7, 11) is 0. The number of benzene rings is 2. The lowest BCUT2D eigenvalue weighted by atomic mass is 10.1. The second kappa shape index (κ2) is 5.01. The Labute approximate surface area is 121 Å². The fourth-order valence-electron chi connectivity index (χ4n) is 2.53. The van der Waals surface area contributed by atoms with Crippen LogP contribution < -0.4 is 0 Å². The largest absolute Gasteiger partial charge is 0.476 e. The third-order valence-corrected chi connectivity index (χ3v) is 3.45. The van der Waals surface area contributed by atoms with Crippen LogP contribution >= 0.6 is 0 Å². The Morgan fingerprint density at radius 1 is 1.14 bits per heavy atom. The van der Waals surface area contributed by atoms with Gasteiger partial charge >= 0.3 is 5.97 Å². The first kappa shape index (κ1) is 13.3. The van der Waals surface area contributed by atoms with Crippen LogP contribution in [0.15, 0.2) is 42.5 Å². The Bertz CT molecular complexity index is 816. The minimum Gasteiger partial charge on any atom is -0.476 e. The van der Waals surface area contributed by atoms with E-state index >= 15 is 0 Å². The molecule has 0 saturated heterocycles. The van der Waals surface area contributed by atoms with Crippen molar-refractivity contribution >= 4 is 16.7 Å². The fourth-order valence-corrected chi connectivity index (χ4v) is 2.53. The lowest BCUT2D eigenvalue weighted by Crippen LogP contribution is -2.08. The van der Waals surface area contributed by atoms with Crippen molar-refractivity contribution in [1.82, 2.24) is 15.0 Å². The number of carbonyl (C=O) groups is 1. The van der Waals surface area contributed by atoms with Gasteiger partial charge in [0.25, 0.3) is 0 Å². The topological polar surface area (TPSA) is 68.0 Å². The Balaban J connectivity index is 2.31. The molecule has 0 radical (unpaired) electrons. The van der Waals surface area contributed by atoms with Gasteiger partial charge in [-0.3, -0.25) is 0 Å². The smallest absolute Gasteiger partial charge is 0.358 e. The Kier molecular flexibility index (Phi) is 3.17. The van der Waals surface area contributed by atoms with Crippen molar-refractivity contribution in [2.45, 2.75) is 19.8 Å². The average molecular weight is 281 g/mol. The Morgan fingerprint density at radius 2 is 1.86 bits per heavy atom. The monoisotopic (exact) mass is 281 g/mol. The molecule has 5 nitrogen and oxygen atoms in total. The molecule has 21 heavy (non-hydrogen) atoms. The molecule has 1 N–H and O–H groups in total. The molecule has 106 valence electrons. The van der Waals surface area contributed by atoms with E-state index in [-0.39, 0.29) is 11.6 Å². The summed E-state index contributed by atoms with van der Waals surface area (Å²) in [6.45, 7) is 3.87. The van der Waals surface area contributed by atoms with Gasteiger partial charge in [-0.15, -0.1) is 5.10 Å². The number of rotatable bonds is 3. The van der Waals surface area contributed by atoms with Crippen LogP contribution in [0.25, 0.3) is 16.5 Å². The van der Waals surface area contributed by atoms with Gasteiger partial charge < -0.3 is 5.11 Å². The van der Waals surface area contributed by atoms with Crippen LogP contribution in [0, 0.1) is 0 Å². The number of fused-ring (bicyclic) bond motifs is 1. The van der Waals surface area contributed by atoms with Gasteiger partial charge in [0.2, 0.25) is 0 Å². The summed E-state index contributed by atoms with van der Waals surface area (Å²) >= 11 is 0. The highest BCUT2D eigenvalue weighted by molar-refractivity contribution is 5.91. The van der Waals surface area contributed by atoms with Crippen molar-refractivity contribution in [3.05, 3.63) is 53.9 Å². The van der Waals surface area contributed by atoms with Crippen molar-refractivity contribution in [3.8, 4) is 5.69 Å². The molecule has 0 amide bonds. The van der Waals surface area contributed by atoms with Gasteiger partial charge in [-0.25, -0.2) is 9.48 Å². The molecule has 2 aromatic carbocycles. The zero-order valence-corrected chi connectivity index (χ0v) is 11.8. The first-order chi connectivity index (χ1) is 10.1. The molecule has 5 heteroatoms. The van der Waals surface area contributed by atoms with E-state index in [1.165, 1.54) is 0 Å². The normalized spacial score (nSPS) is 11.2. The van der Waals surface area contributed by atoms with Gasteiger partial charge in [-0.1, -0.05) is 55.5 Å². The predicted molar refractivity (Wildman–Crippen MR) is 79.9 cm³/mol. The molecule has 3 rings (SSSR count). The third kappa shape index (κ3) is 2.16. The zero-order valence-electron chi connectivity index (χ0n) is 11.8. The molecule has 0 aliphatic heterocycles. The molecular weight excluding hydrogens is 266 g/mol. The van der Waals surface area contributed by atoms with Crippen molar-refractivity contribution in [1.29, 1.82) is 0 Å². The summed E-state index contributed by atoms with van der Waals surface area (Å²) < 4.78 is 1.64. The maximum atomic E-state index is 11.3. The van der Waals surface area contributed by atoms with Gasteiger partial charge in [0.15, 0.2) is 5.69 Å². The summed E-state index contributed by atoms with van der Waals surface area (Å²) in [5, 5.41) is 19.3. The summed E-state index contributed by atoms with van der Waals surface area (Å²) in [4.78, 5) is 11.3. The van der Waals surface area contributed by atoms with Crippen LogP contribution in [0.2, 0.25) is 0 Å². The molecule has 0 atom stereocenters. The minimum atomic E-state index is -1.05. The number of aromatic carboxylic acids is 1. The lowest BCUT2D eigenvalue weighted by Gasteiger charge is -2.12. The molecule has 0 unspecified atom stereocenters. The van der Waals surface area contributed by atoms with Crippen molar-refractivity contribution in [3.63, 3.8) is 0 Å². The highest BCUT2D eigenvalue weighted by Gasteiger charge is 2.22. The summed E-state index contributed by atoms with van der Waals surface area (Å²) in [6, 6.07) is 13.8. The van der Waals surface area contributed by atoms with E-state index in [2.05, 4.69) is 10.3 Å². The van der Waals surface area contributed by atoms with E-state index in [0.29, 0.717) is 5.69 Å². The first-order valence-electron chi connectivity index (χ1n) is 6.76. The van der Waals surface area contributed by atoms with Crippen molar-refractivity contribution in [2.75, 3.05) is 0 Å². The van der Waals surface area contributed by atoms with Crippen molar-refractivity contribution < 1.29 is 9.90 Å². The van der Waals surface area contributed by atoms with Crippen LogP contribution in [0.5, 0.6) is 0 Å². The molecule has 0 spiro atoms. The highest BCUT2D eigenvalue weighted by Crippen LogP contribution is 2.26. The Morgan fingerprint density at radius 3 is 2.57 bits per heavy atom. The van der Waals surface area contributed by atoms with Gasteiger partial charge in [0.05, 0.1) is 11.4 Å². The average Bonchev–Trinajstić information content (AvgIpc) is 2.91. The second-order valence-corrected chi connectivity index (χ2v) is 5.19. The van der Waals surface area contributed by atoms with E-state index in [9.17, 15) is 9.90 Å². The van der Waals surface area contributed by atoms with E-state index in [4.69, 9.17) is 0 Å². The van der Waals surface area contributed by atoms with E-state index in [1.807, 2.05) is 56.3 Å². The number of aromatic nitrogens is 3. The van der Waals surface area contributed by atoms with Gasteiger partial charge in [0.1, 0.15) is 0 Å². The maximum Gasteiger partial charge on any atom is 0.358 e. The SMILES string of the molecule is CC(C)c1c(C(=O)O)nnn1-c1cccc2ccccc12. The first-order valence-corrected chi connectivity index (χ1v) is 6.76. The quantitative estimate of drug-likeness (QED) is 0.800. The van der Waals surface area contributed by atoms with Gasteiger partial charge in [0, 0.05) is 5.39 Å². The van der Waals surface area contributed by atoms with Crippen LogP contribution in [-0.4, -0.2) is 26.1 Å². The molecule has 1 aromatic heterocycles.